The largest absolute Gasteiger partial charge is 0.341 e. The van der Waals surface area contributed by atoms with Gasteiger partial charge in [-0.1, -0.05) is 12.8 Å². The van der Waals surface area contributed by atoms with Crippen molar-refractivity contribution in [3.63, 3.8) is 0 Å². The van der Waals surface area contributed by atoms with Crippen LogP contribution in [0.4, 0.5) is 0 Å². The minimum absolute atomic E-state index is 0.171. The molecule has 1 aliphatic rings. The molecule has 1 amide bonds. The highest BCUT2D eigenvalue weighted by molar-refractivity contribution is 5.81. The third-order valence-electron chi connectivity index (χ3n) is 3.89. The average Bonchev–Trinajstić information content (AvgIpc) is 2.75. The van der Waals surface area contributed by atoms with Gasteiger partial charge in [0.2, 0.25) is 5.91 Å². The number of carbonyl (C=O) groups is 1. The molecule has 0 aromatic carbocycles. The molecule has 6 heteroatoms. The fraction of sp³-hybridized carbons (Fsp3) is 0.786. The number of nitrogens with one attached hydrogen (secondary N) is 1. The summed E-state index contributed by atoms with van der Waals surface area (Å²) >= 11 is 0. The first-order chi connectivity index (χ1) is 9.72. The van der Waals surface area contributed by atoms with Crippen molar-refractivity contribution in [2.75, 3.05) is 13.1 Å². The maximum Gasteiger partial charge on any atom is 0.239 e. The van der Waals surface area contributed by atoms with E-state index in [0.29, 0.717) is 6.54 Å². The zero-order chi connectivity index (χ0) is 14.4. The normalized spacial score (nSPS) is 17.8. The summed E-state index contributed by atoms with van der Waals surface area (Å²) in [5.74, 6) is 1.08. The molecular formula is C14H25N5O. The van der Waals surface area contributed by atoms with E-state index in [-0.39, 0.29) is 11.9 Å². The van der Waals surface area contributed by atoms with Gasteiger partial charge in [0.1, 0.15) is 12.2 Å². The van der Waals surface area contributed by atoms with E-state index in [1.54, 1.807) is 6.33 Å². The molecule has 20 heavy (non-hydrogen) atoms. The van der Waals surface area contributed by atoms with Crippen LogP contribution in [0.15, 0.2) is 6.33 Å². The van der Waals surface area contributed by atoms with E-state index in [9.17, 15) is 4.79 Å². The van der Waals surface area contributed by atoms with Crippen LogP contribution in [0.2, 0.25) is 0 Å². The number of aromatic nitrogens is 3. The smallest absolute Gasteiger partial charge is 0.239 e. The summed E-state index contributed by atoms with van der Waals surface area (Å²) in [7, 11) is 0. The van der Waals surface area contributed by atoms with E-state index in [2.05, 4.69) is 22.4 Å². The lowest BCUT2D eigenvalue weighted by Crippen LogP contribution is -2.45. The lowest BCUT2D eigenvalue weighted by Gasteiger charge is -2.24. The van der Waals surface area contributed by atoms with E-state index < -0.39 is 0 Å². The monoisotopic (exact) mass is 279 g/mol. The molecular weight excluding hydrogens is 254 g/mol. The van der Waals surface area contributed by atoms with Crippen LogP contribution < -0.4 is 5.32 Å². The van der Waals surface area contributed by atoms with Gasteiger partial charge in [-0.15, -0.1) is 10.2 Å². The first kappa shape index (κ1) is 15.0. The summed E-state index contributed by atoms with van der Waals surface area (Å²) in [5.41, 5.74) is 0. The summed E-state index contributed by atoms with van der Waals surface area (Å²) in [4.78, 5) is 14.4. The molecule has 2 rings (SSSR count). The molecule has 1 aliphatic heterocycles. The van der Waals surface area contributed by atoms with Crippen molar-refractivity contribution in [3.05, 3.63) is 12.2 Å². The molecule has 0 aliphatic carbocycles. The Labute approximate surface area is 120 Å². The van der Waals surface area contributed by atoms with Crippen molar-refractivity contribution in [1.29, 1.82) is 0 Å². The number of nitrogens with zero attached hydrogens (tertiary/aromatic N) is 4. The highest BCUT2D eigenvalue weighted by atomic mass is 16.2. The van der Waals surface area contributed by atoms with Crippen molar-refractivity contribution in [2.24, 2.45) is 0 Å². The number of aryl methyl sites for hydroxylation is 1. The Kier molecular flexibility index (Phi) is 5.52. The van der Waals surface area contributed by atoms with Crippen molar-refractivity contribution < 1.29 is 4.79 Å². The second kappa shape index (κ2) is 7.38. The van der Waals surface area contributed by atoms with Crippen LogP contribution in [0.3, 0.4) is 0 Å². The van der Waals surface area contributed by atoms with Crippen molar-refractivity contribution in [2.45, 2.75) is 58.7 Å². The van der Waals surface area contributed by atoms with Crippen LogP contribution in [0.5, 0.6) is 0 Å². The van der Waals surface area contributed by atoms with Crippen molar-refractivity contribution in [1.82, 2.24) is 25.0 Å². The summed E-state index contributed by atoms with van der Waals surface area (Å²) in [6.07, 6.45) is 6.46. The molecule has 1 unspecified atom stereocenters. The van der Waals surface area contributed by atoms with Gasteiger partial charge >= 0.3 is 0 Å². The second-order valence-electron chi connectivity index (χ2n) is 5.38. The molecule has 1 aromatic heterocycles. The molecule has 6 nitrogen and oxygen atoms in total. The molecule has 0 spiro atoms. The standard InChI is InChI=1S/C14H25N5O/c1-3-18-11-16-17-13(18)10-15-12(2)14(20)19-8-6-4-5-7-9-19/h11-12,15H,3-10H2,1-2H3. The van der Waals surface area contributed by atoms with E-state index in [1.807, 2.05) is 16.4 Å². The van der Waals surface area contributed by atoms with Crippen molar-refractivity contribution in [3.8, 4) is 0 Å². The van der Waals surface area contributed by atoms with Gasteiger partial charge in [-0.3, -0.25) is 10.1 Å². The highest BCUT2D eigenvalue weighted by Crippen LogP contribution is 2.10. The topological polar surface area (TPSA) is 63.1 Å². The molecule has 2 heterocycles. The quantitative estimate of drug-likeness (QED) is 0.879. The zero-order valence-electron chi connectivity index (χ0n) is 12.5. The molecule has 1 aromatic rings. The second-order valence-corrected chi connectivity index (χ2v) is 5.38. The van der Waals surface area contributed by atoms with Crippen LogP contribution >= 0.6 is 0 Å². The summed E-state index contributed by atoms with van der Waals surface area (Å²) in [6.45, 7) is 7.21. The van der Waals surface area contributed by atoms with Gasteiger partial charge in [0, 0.05) is 19.6 Å². The molecule has 1 fully saturated rings. The lowest BCUT2D eigenvalue weighted by atomic mass is 10.2. The summed E-state index contributed by atoms with van der Waals surface area (Å²) < 4.78 is 1.98. The lowest BCUT2D eigenvalue weighted by molar-refractivity contribution is -0.133. The molecule has 1 saturated heterocycles. The first-order valence-electron chi connectivity index (χ1n) is 7.61. The first-order valence-corrected chi connectivity index (χ1v) is 7.61. The van der Waals surface area contributed by atoms with E-state index in [1.165, 1.54) is 12.8 Å². The minimum atomic E-state index is -0.171. The third kappa shape index (κ3) is 3.79. The Bertz CT molecular complexity index is 423. The average molecular weight is 279 g/mol. The van der Waals surface area contributed by atoms with Gasteiger partial charge in [-0.25, -0.2) is 0 Å². The Morgan fingerprint density at radius 3 is 2.70 bits per heavy atom. The van der Waals surface area contributed by atoms with Gasteiger partial charge in [0.15, 0.2) is 0 Å². The summed E-state index contributed by atoms with van der Waals surface area (Å²) in [5, 5.41) is 11.2. The molecule has 1 N–H and O–H groups in total. The predicted molar refractivity (Wildman–Crippen MR) is 77.0 cm³/mol. The maximum atomic E-state index is 12.4. The predicted octanol–water partition coefficient (Wildman–Crippen LogP) is 1.18. The van der Waals surface area contributed by atoms with Crippen LogP contribution in [-0.4, -0.2) is 44.7 Å². The highest BCUT2D eigenvalue weighted by Gasteiger charge is 2.21. The zero-order valence-corrected chi connectivity index (χ0v) is 12.5. The Morgan fingerprint density at radius 2 is 2.05 bits per heavy atom. The third-order valence-corrected chi connectivity index (χ3v) is 3.89. The molecule has 1 atom stereocenters. The fourth-order valence-electron chi connectivity index (χ4n) is 2.58. The Morgan fingerprint density at radius 1 is 1.35 bits per heavy atom. The molecule has 0 radical (unpaired) electrons. The van der Waals surface area contributed by atoms with Gasteiger partial charge < -0.3 is 9.47 Å². The minimum Gasteiger partial charge on any atom is -0.341 e. The van der Waals surface area contributed by atoms with Gasteiger partial charge in [0.25, 0.3) is 0 Å². The van der Waals surface area contributed by atoms with Crippen LogP contribution in [0, 0.1) is 0 Å². The van der Waals surface area contributed by atoms with Gasteiger partial charge in [-0.05, 0) is 26.7 Å². The number of likely N-dealkylation sites (tertiary alicyclic amines) is 1. The number of carbonyl (C=O) groups excluding carboxylic acids is 1. The van der Waals surface area contributed by atoms with Crippen LogP contribution in [0.1, 0.15) is 45.4 Å². The van der Waals surface area contributed by atoms with Gasteiger partial charge in [0.05, 0.1) is 12.6 Å². The number of hydrogen-bond acceptors (Lipinski definition) is 4. The number of rotatable bonds is 5. The van der Waals surface area contributed by atoms with E-state index in [0.717, 1.165) is 38.3 Å². The van der Waals surface area contributed by atoms with Gasteiger partial charge in [-0.2, -0.15) is 0 Å². The van der Waals surface area contributed by atoms with E-state index >= 15 is 0 Å². The SMILES string of the molecule is CCn1cnnc1CNC(C)C(=O)N1CCCCCC1. The number of hydrogen-bond donors (Lipinski definition) is 1. The van der Waals surface area contributed by atoms with Crippen LogP contribution in [0.25, 0.3) is 0 Å². The molecule has 112 valence electrons. The van der Waals surface area contributed by atoms with Crippen LogP contribution in [-0.2, 0) is 17.9 Å². The van der Waals surface area contributed by atoms with E-state index in [4.69, 9.17) is 0 Å². The molecule has 0 saturated carbocycles. The molecule has 0 bridgehead atoms. The Balaban J connectivity index is 1.84. The Hall–Kier alpha value is -1.43. The maximum absolute atomic E-state index is 12.4. The fourth-order valence-corrected chi connectivity index (χ4v) is 2.58. The number of amides is 1. The summed E-state index contributed by atoms with van der Waals surface area (Å²) in [6, 6.07) is -0.171. The van der Waals surface area contributed by atoms with Crippen molar-refractivity contribution >= 4 is 5.91 Å².